The molecular weight excluding hydrogens is 352 g/mol. The molecule has 0 radical (unpaired) electrons. The Morgan fingerprint density at radius 1 is 1.31 bits per heavy atom. The van der Waals surface area contributed by atoms with Crippen molar-refractivity contribution in [3.8, 4) is 5.75 Å². The summed E-state index contributed by atoms with van der Waals surface area (Å²) in [4.78, 5) is 11.3. The highest BCUT2D eigenvalue weighted by Crippen LogP contribution is 2.31. The lowest BCUT2D eigenvalue weighted by Crippen LogP contribution is -2.29. The second kappa shape index (κ2) is 8.71. The quantitative estimate of drug-likeness (QED) is 0.716. The van der Waals surface area contributed by atoms with Gasteiger partial charge in [-0.3, -0.25) is 4.79 Å². The lowest BCUT2D eigenvalue weighted by molar-refractivity contribution is -0.117. The van der Waals surface area contributed by atoms with Gasteiger partial charge in [0.2, 0.25) is 0 Å². The fraction of sp³-hybridized carbons (Fsp3) is 0.316. The number of anilines is 1. The third-order valence-electron chi connectivity index (χ3n) is 3.87. The third-order valence-corrected chi connectivity index (χ3v) is 5.26. The maximum Gasteiger partial charge on any atom is 0.326 e. The summed E-state index contributed by atoms with van der Waals surface area (Å²) in [5.74, 6) is -0.795. The molecule has 1 heterocycles. The highest BCUT2D eigenvalue weighted by molar-refractivity contribution is 7.92. The monoisotopic (exact) mass is 376 g/mol. The van der Waals surface area contributed by atoms with Crippen LogP contribution in [0.2, 0.25) is 0 Å². The van der Waals surface area contributed by atoms with Crippen molar-refractivity contribution in [2.24, 2.45) is 0 Å². The second-order valence-electron chi connectivity index (χ2n) is 6.14. The van der Waals surface area contributed by atoms with Crippen LogP contribution in [0.1, 0.15) is 32.3 Å². The summed E-state index contributed by atoms with van der Waals surface area (Å²) >= 11 is 0. The third kappa shape index (κ3) is 5.23. The van der Waals surface area contributed by atoms with E-state index in [1.54, 1.807) is 6.07 Å². The van der Waals surface area contributed by atoms with Gasteiger partial charge >= 0.3 is 10.2 Å². The first kappa shape index (κ1) is 19.8. The van der Waals surface area contributed by atoms with Gasteiger partial charge in [-0.2, -0.15) is 8.42 Å². The molecule has 0 saturated carbocycles. The largest absolute Gasteiger partial charge is 0.506 e. The minimum Gasteiger partial charge on any atom is -0.506 e. The highest BCUT2D eigenvalue weighted by Gasteiger charge is 2.35. The van der Waals surface area contributed by atoms with E-state index in [2.05, 4.69) is 19.9 Å². The molecule has 0 unspecified atom stereocenters. The Labute approximate surface area is 154 Å². The summed E-state index contributed by atoms with van der Waals surface area (Å²) in [6.45, 7) is 3.92. The van der Waals surface area contributed by atoms with Gasteiger partial charge < -0.3 is 5.11 Å². The minimum absolute atomic E-state index is 0.0903. The van der Waals surface area contributed by atoms with E-state index in [-0.39, 0.29) is 18.0 Å². The molecule has 0 aromatic heterocycles. The number of amides is 1. The molecular formula is C19H24N2O4S. The topological polar surface area (TPSA) is 86.7 Å². The van der Waals surface area contributed by atoms with E-state index in [0.29, 0.717) is 6.42 Å². The van der Waals surface area contributed by atoms with Crippen LogP contribution in [0.25, 0.3) is 0 Å². The first-order valence-corrected chi connectivity index (χ1v) is 9.91. The van der Waals surface area contributed by atoms with Crippen molar-refractivity contribution in [1.82, 2.24) is 4.72 Å². The molecule has 1 aliphatic rings. The zero-order valence-electron chi connectivity index (χ0n) is 15.0. The number of carbonyl (C=O) groups is 1. The van der Waals surface area contributed by atoms with Gasteiger partial charge in [-0.05, 0) is 37.5 Å². The van der Waals surface area contributed by atoms with E-state index in [1.807, 2.05) is 29.0 Å². The molecule has 7 heteroatoms. The molecule has 0 spiro atoms. The Bertz CT molecular complexity index is 854. The number of phenolic OH excluding ortho intramolecular Hbond substituents is 1. The molecule has 1 amide bonds. The maximum absolute atomic E-state index is 11.8. The van der Waals surface area contributed by atoms with Crippen LogP contribution in [0.5, 0.6) is 5.75 Å². The summed E-state index contributed by atoms with van der Waals surface area (Å²) in [7, 11) is -3.92. The molecule has 1 saturated heterocycles. The van der Waals surface area contributed by atoms with E-state index >= 15 is 0 Å². The first-order chi connectivity index (χ1) is 12.3. The molecule has 1 aromatic carbocycles. The van der Waals surface area contributed by atoms with Crippen molar-refractivity contribution in [3.63, 3.8) is 0 Å². The standard InChI is InChI=1S/C19H24N2O4S/c1-3-8-15(2)9-6-4-5-7-10-16-11-12-17(18(22)13-16)21-14-19(23)20-26(21,24)25/h4-7,9,11-13,22H,3,8,10,14H2,1-2H3,(H,20,23)/b6-4-,7-5+,15-9+. The molecule has 140 valence electrons. The lowest BCUT2D eigenvalue weighted by atomic mass is 10.1. The van der Waals surface area contributed by atoms with Gasteiger partial charge in [-0.25, -0.2) is 9.03 Å². The Morgan fingerprint density at radius 3 is 2.69 bits per heavy atom. The van der Waals surface area contributed by atoms with Crippen LogP contribution in [0.15, 0.2) is 54.2 Å². The molecule has 26 heavy (non-hydrogen) atoms. The number of benzene rings is 1. The minimum atomic E-state index is -3.92. The Morgan fingerprint density at radius 2 is 2.08 bits per heavy atom. The summed E-state index contributed by atoms with van der Waals surface area (Å²) in [5, 5.41) is 10.1. The SMILES string of the molecule is CCC/C(C)=C/C=C\C=C\Cc1ccc(N2CC(=O)NS2(=O)=O)c(O)c1. The molecule has 2 N–H and O–H groups in total. The van der Waals surface area contributed by atoms with Crippen molar-refractivity contribution in [2.75, 3.05) is 10.8 Å². The van der Waals surface area contributed by atoms with Gasteiger partial charge in [0.1, 0.15) is 12.3 Å². The predicted octanol–water partition coefficient (Wildman–Crippen LogP) is 2.97. The van der Waals surface area contributed by atoms with Crippen molar-refractivity contribution in [2.45, 2.75) is 33.1 Å². The fourth-order valence-electron chi connectivity index (χ4n) is 2.61. The predicted molar refractivity (Wildman–Crippen MR) is 103 cm³/mol. The molecule has 0 bridgehead atoms. The number of hydrogen-bond donors (Lipinski definition) is 2. The number of nitrogens with one attached hydrogen (secondary N) is 1. The lowest BCUT2D eigenvalue weighted by Gasteiger charge is -2.16. The maximum atomic E-state index is 11.8. The van der Waals surface area contributed by atoms with Crippen LogP contribution in [0.3, 0.4) is 0 Å². The summed E-state index contributed by atoms with van der Waals surface area (Å²) in [6, 6.07) is 4.74. The van der Waals surface area contributed by atoms with Crippen LogP contribution in [0.4, 0.5) is 5.69 Å². The van der Waals surface area contributed by atoms with E-state index in [0.717, 1.165) is 22.7 Å². The number of aromatic hydroxyl groups is 1. The smallest absolute Gasteiger partial charge is 0.326 e. The average molecular weight is 376 g/mol. The summed E-state index contributed by atoms with van der Waals surface area (Å²) in [5.41, 5.74) is 2.26. The number of rotatable bonds is 7. The van der Waals surface area contributed by atoms with Gasteiger partial charge in [-0.15, -0.1) is 0 Å². The number of phenols is 1. The number of nitrogens with zero attached hydrogens (tertiary/aromatic N) is 1. The first-order valence-electron chi connectivity index (χ1n) is 8.47. The molecule has 1 aromatic rings. The van der Waals surface area contributed by atoms with Gasteiger partial charge in [0.05, 0.1) is 5.69 Å². The highest BCUT2D eigenvalue weighted by atomic mass is 32.2. The van der Waals surface area contributed by atoms with Crippen LogP contribution in [-0.4, -0.2) is 26.0 Å². The van der Waals surface area contributed by atoms with Crippen LogP contribution < -0.4 is 9.03 Å². The van der Waals surface area contributed by atoms with Crippen molar-refractivity contribution < 1.29 is 18.3 Å². The van der Waals surface area contributed by atoms with Crippen LogP contribution >= 0.6 is 0 Å². The second-order valence-corrected chi connectivity index (χ2v) is 7.74. The average Bonchev–Trinajstić information content (AvgIpc) is 2.83. The molecule has 0 aliphatic carbocycles. The van der Waals surface area contributed by atoms with Crippen molar-refractivity contribution in [1.29, 1.82) is 0 Å². The van der Waals surface area contributed by atoms with Gasteiger partial charge in [-0.1, -0.05) is 55.4 Å². The van der Waals surface area contributed by atoms with Crippen molar-refractivity contribution >= 4 is 21.8 Å². The van der Waals surface area contributed by atoms with Gasteiger partial charge in [0, 0.05) is 0 Å². The van der Waals surface area contributed by atoms with Crippen LogP contribution in [0, 0.1) is 0 Å². The van der Waals surface area contributed by atoms with E-state index in [1.165, 1.54) is 17.7 Å². The Hall–Kier alpha value is -2.54. The number of carbonyl (C=O) groups excluding carboxylic acids is 1. The van der Waals surface area contributed by atoms with Crippen molar-refractivity contribution in [3.05, 3.63) is 59.7 Å². The van der Waals surface area contributed by atoms with E-state index in [9.17, 15) is 18.3 Å². The van der Waals surface area contributed by atoms with Crippen LogP contribution in [-0.2, 0) is 21.4 Å². The summed E-state index contributed by atoms with van der Waals surface area (Å²) < 4.78 is 26.4. The zero-order valence-corrected chi connectivity index (χ0v) is 15.8. The normalized spacial score (nSPS) is 17.4. The zero-order chi connectivity index (χ0) is 19.2. The molecule has 6 nitrogen and oxygen atoms in total. The molecule has 1 aliphatic heterocycles. The summed E-state index contributed by atoms with van der Waals surface area (Å²) in [6.07, 6.45) is 12.7. The molecule has 0 atom stereocenters. The van der Waals surface area contributed by atoms with Gasteiger partial charge in [0.15, 0.2) is 0 Å². The van der Waals surface area contributed by atoms with Gasteiger partial charge in [0.25, 0.3) is 5.91 Å². The fourth-order valence-corrected chi connectivity index (χ4v) is 3.78. The molecule has 2 rings (SSSR count). The number of allylic oxidation sites excluding steroid dienone is 6. The Kier molecular flexibility index (Phi) is 6.63. The Balaban J connectivity index is 2.00. The van der Waals surface area contributed by atoms with E-state index < -0.39 is 16.1 Å². The van der Waals surface area contributed by atoms with E-state index in [4.69, 9.17) is 0 Å². The molecule has 1 fully saturated rings. The number of hydrogen-bond acceptors (Lipinski definition) is 4.